The number of hydrogen-bond acceptors (Lipinski definition) is 4. The lowest BCUT2D eigenvalue weighted by Crippen LogP contribution is -2.48. The number of carbonyl (C=O) groups is 1. The molecule has 1 aliphatic rings. The van der Waals surface area contributed by atoms with Crippen LogP contribution in [-0.2, 0) is 4.74 Å². The largest absolute Gasteiger partial charge is 0.379 e. The number of carbonyl (C=O) groups excluding carboxylic acids is 1. The summed E-state index contributed by atoms with van der Waals surface area (Å²) in [6, 6.07) is 1.90. The smallest absolute Gasteiger partial charge is 0.266 e. The van der Waals surface area contributed by atoms with Crippen molar-refractivity contribution < 1.29 is 9.53 Å². The van der Waals surface area contributed by atoms with E-state index in [2.05, 4.69) is 5.43 Å². The molecule has 15 heavy (non-hydrogen) atoms. The van der Waals surface area contributed by atoms with Gasteiger partial charge in [0.25, 0.3) is 5.91 Å². The molecule has 0 unspecified atom stereocenters. The van der Waals surface area contributed by atoms with Gasteiger partial charge in [-0.05, 0) is 13.0 Å². The van der Waals surface area contributed by atoms with Crippen molar-refractivity contribution in [1.29, 1.82) is 0 Å². The van der Waals surface area contributed by atoms with Crippen LogP contribution in [0.1, 0.15) is 15.2 Å². The van der Waals surface area contributed by atoms with Gasteiger partial charge in [0.05, 0.1) is 18.8 Å². The maximum absolute atomic E-state index is 11.7. The van der Waals surface area contributed by atoms with Gasteiger partial charge in [0, 0.05) is 23.3 Å². The Labute approximate surface area is 92.8 Å². The van der Waals surface area contributed by atoms with Crippen LogP contribution in [0.3, 0.4) is 0 Å². The zero-order chi connectivity index (χ0) is 10.7. The molecular weight excluding hydrogens is 212 g/mol. The third-order valence-corrected chi connectivity index (χ3v) is 3.12. The zero-order valence-electron chi connectivity index (χ0n) is 8.66. The lowest BCUT2D eigenvalue weighted by Gasteiger charge is -2.26. The summed E-state index contributed by atoms with van der Waals surface area (Å²) in [6.07, 6.45) is 0. The number of aryl methyl sites for hydroxylation is 1. The number of nitrogens with zero attached hydrogens (tertiary/aromatic N) is 1. The molecule has 1 amide bonds. The number of nitrogens with one attached hydrogen (secondary N) is 1. The Morgan fingerprint density at radius 1 is 1.53 bits per heavy atom. The van der Waals surface area contributed by atoms with E-state index in [0.29, 0.717) is 13.2 Å². The molecule has 1 aromatic heterocycles. The van der Waals surface area contributed by atoms with Crippen molar-refractivity contribution in [3.63, 3.8) is 0 Å². The summed E-state index contributed by atoms with van der Waals surface area (Å²) in [7, 11) is 0. The summed E-state index contributed by atoms with van der Waals surface area (Å²) in [5.74, 6) is -0.0266. The summed E-state index contributed by atoms with van der Waals surface area (Å²) in [6.45, 7) is 4.88. The van der Waals surface area contributed by atoms with Crippen molar-refractivity contribution in [2.75, 3.05) is 26.3 Å². The van der Waals surface area contributed by atoms with Crippen LogP contribution in [0.2, 0.25) is 0 Å². The monoisotopic (exact) mass is 226 g/mol. The van der Waals surface area contributed by atoms with Crippen LogP contribution < -0.4 is 5.43 Å². The second-order valence-electron chi connectivity index (χ2n) is 3.49. The van der Waals surface area contributed by atoms with Crippen molar-refractivity contribution in [3.05, 3.63) is 21.9 Å². The van der Waals surface area contributed by atoms with E-state index < -0.39 is 0 Å². The standard InChI is InChI=1S/C10H14N2O2S/c1-8-6-9(7-15-8)10(13)11-12-2-4-14-5-3-12/h6-7H,2-5H2,1H3,(H,11,13). The van der Waals surface area contributed by atoms with Gasteiger partial charge >= 0.3 is 0 Å². The number of amides is 1. The van der Waals surface area contributed by atoms with Gasteiger partial charge in [0.1, 0.15) is 0 Å². The van der Waals surface area contributed by atoms with Crippen LogP contribution in [0, 0.1) is 6.92 Å². The zero-order valence-corrected chi connectivity index (χ0v) is 9.47. The van der Waals surface area contributed by atoms with E-state index in [1.54, 1.807) is 11.3 Å². The highest BCUT2D eigenvalue weighted by Crippen LogP contribution is 2.12. The van der Waals surface area contributed by atoms with E-state index in [1.165, 1.54) is 0 Å². The van der Waals surface area contributed by atoms with Gasteiger partial charge in [-0.3, -0.25) is 10.2 Å². The molecule has 1 N–H and O–H groups in total. The molecule has 2 heterocycles. The minimum absolute atomic E-state index is 0.0266. The molecule has 1 saturated heterocycles. The first kappa shape index (κ1) is 10.6. The van der Waals surface area contributed by atoms with E-state index in [1.807, 2.05) is 23.4 Å². The van der Waals surface area contributed by atoms with Crippen molar-refractivity contribution in [2.24, 2.45) is 0 Å². The number of hydrazine groups is 1. The predicted octanol–water partition coefficient (Wildman–Crippen LogP) is 1.03. The van der Waals surface area contributed by atoms with Gasteiger partial charge in [-0.2, -0.15) is 0 Å². The molecule has 1 aromatic rings. The van der Waals surface area contributed by atoms with Gasteiger partial charge in [0.15, 0.2) is 0 Å². The Hall–Kier alpha value is -0.910. The van der Waals surface area contributed by atoms with Crippen molar-refractivity contribution in [2.45, 2.75) is 6.92 Å². The van der Waals surface area contributed by atoms with Gasteiger partial charge < -0.3 is 4.74 Å². The molecule has 82 valence electrons. The fourth-order valence-corrected chi connectivity index (χ4v) is 2.13. The molecule has 1 aliphatic heterocycles. The minimum Gasteiger partial charge on any atom is -0.379 e. The van der Waals surface area contributed by atoms with Gasteiger partial charge in [-0.25, -0.2) is 5.01 Å². The maximum Gasteiger partial charge on any atom is 0.266 e. The minimum atomic E-state index is -0.0266. The average molecular weight is 226 g/mol. The molecule has 4 nitrogen and oxygen atoms in total. The summed E-state index contributed by atoms with van der Waals surface area (Å²) in [5, 5.41) is 3.78. The summed E-state index contributed by atoms with van der Waals surface area (Å²) >= 11 is 1.59. The van der Waals surface area contributed by atoms with E-state index in [4.69, 9.17) is 4.74 Å². The second-order valence-corrected chi connectivity index (χ2v) is 4.60. The second kappa shape index (κ2) is 4.74. The Kier molecular flexibility index (Phi) is 3.35. The van der Waals surface area contributed by atoms with Gasteiger partial charge in [0.2, 0.25) is 0 Å². The lowest BCUT2D eigenvalue weighted by molar-refractivity contribution is 0.0126. The normalized spacial score (nSPS) is 17.7. The predicted molar refractivity (Wildman–Crippen MR) is 58.9 cm³/mol. The summed E-state index contributed by atoms with van der Waals surface area (Å²) in [4.78, 5) is 12.9. The van der Waals surface area contributed by atoms with E-state index in [0.717, 1.165) is 23.5 Å². The Morgan fingerprint density at radius 3 is 2.87 bits per heavy atom. The molecule has 1 fully saturated rings. The van der Waals surface area contributed by atoms with E-state index in [9.17, 15) is 4.79 Å². The molecule has 2 rings (SSSR count). The van der Waals surface area contributed by atoms with Crippen LogP contribution in [0.15, 0.2) is 11.4 Å². The first-order valence-electron chi connectivity index (χ1n) is 4.94. The number of hydrogen-bond donors (Lipinski definition) is 1. The SMILES string of the molecule is Cc1cc(C(=O)NN2CCOCC2)cs1. The Bertz CT molecular complexity index is 345. The fraction of sp³-hybridized carbons (Fsp3) is 0.500. The van der Waals surface area contributed by atoms with Crippen LogP contribution in [-0.4, -0.2) is 37.2 Å². The number of morpholine rings is 1. The number of rotatable bonds is 2. The molecule has 0 bridgehead atoms. The molecule has 0 radical (unpaired) electrons. The number of thiophene rings is 1. The third-order valence-electron chi connectivity index (χ3n) is 2.26. The van der Waals surface area contributed by atoms with Crippen LogP contribution in [0.25, 0.3) is 0 Å². The maximum atomic E-state index is 11.7. The summed E-state index contributed by atoms with van der Waals surface area (Å²) < 4.78 is 5.20. The van der Waals surface area contributed by atoms with Crippen LogP contribution in [0.4, 0.5) is 0 Å². The molecule has 0 aromatic carbocycles. The van der Waals surface area contributed by atoms with Crippen molar-refractivity contribution in [1.82, 2.24) is 10.4 Å². The van der Waals surface area contributed by atoms with Crippen LogP contribution >= 0.6 is 11.3 Å². The summed E-state index contributed by atoms with van der Waals surface area (Å²) in [5.41, 5.74) is 3.61. The molecule has 5 heteroatoms. The van der Waals surface area contributed by atoms with Gasteiger partial charge in [-0.15, -0.1) is 11.3 Å². The first-order valence-corrected chi connectivity index (χ1v) is 5.82. The highest BCUT2D eigenvalue weighted by Gasteiger charge is 2.14. The van der Waals surface area contributed by atoms with Crippen molar-refractivity contribution >= 4 is 17.2 Å². The molecule has 0 aliphatic carbocycles. The Morgan fingerprint density at radius 2 is 2.27 bits per heavy atom. The highest BCUT2D eigenvalue weighted by atomic mass is 32.1. The Balaban J connectivity index is 1.91. The molecule has 0 saturated carbocycles. The molecule has 0 atom stereocenters. The van der Waals surface area contributed by atoms with E-state index >= 15 is 0 Å². The van der Waals surface area contributed by atoms with Gasteiger partial charge in [-0.1, -0.05) is 0 Å². The third kappa shape index (κ3) is 2.77. The average Bonchev–Trinajstić information content (AvgIpc) is 2.66. The van der Waals surface area contributed by atoms with Crippen LogP contribution in [0.5, 0.6) is 0 Å². The lowest BCUT2D eigenvalue weighted by atomic mass is 10.3. The quantitative estimate of drug-likeness (QED) is 0.819. The fourth-order valence-electron chi connectivity index (χ4n) is 1.45. The first-order chi connectivity index (χ1) is 7.25. The van der Waals surface area contributed by atoms with E-state index in [-0.39, 0.29) is 5.91 Å². The molecular formula is C10H14N2O2S. The topological polar surface area (TPSA) is 41.6 Å². The highest BCUT2D eigenvalue weighted by molar-refractivity contribution is 7.10. The number of ether oxygens (including phenoxy) is 1. The molecule has 0 spiro atoms. The van der Waals surface area contributed by atoms with Crippen molar-refractivity contribution in [3.8, 4) is 0 Å².